The predicted molar refractivity (Wildman–Crippen MR) is 120 cm³/mol. The molecule has 9 atom stereocenters. The zero-order chi connectivity index (χ0) is 23.3. The average Bonchev–Trinajstić information content (AvgIpc) is 3.24. The van der Waals surface area contributed by atoms with Crippen molar-refractivity contribution >= 4 is 11.9 Å². The Morgan fingerprint density at radius 1 is 1.03 bits per heavy atom. The second-order valence-electron chi connectivity index (χ2n) is 10.1. The van der Waals surface area contributed by atoms with E-state index in [4.69, 9.17) is 0 Å². The number of guanidine groups is 1. The van der Waals surface area contributed by atoms with Crippen LogP contribution in [0.25, 0.3) is 0 Å². The van der Waals surface area contributed by atoms with Crippen molar-refractivity contribution in [2.24, 2.45) is 28.7 Å². The van der Waals surface area contributed by atoms with Crippen molar-refractivity contribution in [2.75, 3.05) is 6.54 Å². The predicted octanol–water partition coefficient (Wildman–Crippen LogP) is 3.54. The molecule has 0 aromatic carbocycles. The van der Waals surface area contributed by atoms with E-state index in [1.165, 1.54) is 0 Å². The Morgan fingerprint density at radius 3 is 2.47 bits per heavy atom. The molecule has 6 nitrogen and oxygen atoms in total. The molecular formula is C23H40F3N5O. The minimum atomic E-state index is -1.59. The second-order valence-corrected chi connectivity index (χ2v) is 10.1. The van der Waals surface area contributed by atoms with E-state index in [0.717, 1.165) is 25.7 Å². The van der Waals surface area contributed by atoms with Crippen LogP contribution in [0.3, 0.4) is 0 Å². The minimum Gasteiger partial charge on any atom is -0.339 e. The summed E-state index contributed by atoms with van der Waals surface area (Å²) in [5, 5.41) is 6.11. The second kappa shape index (κ2) is 11.7. The van der Waals surface area contributed by atoms with Crippen molar-refractivity contribution in [1.82, 2.24) is 21.5 Å². The first-order valence-electron chi connectivity index (χ1n) is 12.3. The summed E-state index contributed by atoms with van der Waals surface area (Å²) < 4.78 is 41.1. The highest BCUT2D eigenvalue weighted by atomic mass is 19.2. The van der Waals surface area contributed by atoms with Crippen LogP contribution in [0, 0.1) is 23.7 Å². The van der Waals surface area contributed by atoms with Crippen LogP contribution in [0.1, 0.15) is 72.1 Å². The van der Waals surface area contributed by atoms with Gasteiger partial charge in [0, 0.05) is 18.5 Å². The van der Waals surface area contributed by atoms with Crippen LogP contribution in [-0.4, -0.2) is 49.1 Å². The fourth-order valence-electron chi connectivity index (χ4n) is 4.95. The molecule has 9 unspecified atom stereocenters. The minimum absolute atomic E-state index is 0.0708. The Balaban J connectivity index is 1.56. The maximum atomic E-state index is 13.8. The number of aliphatic imine (C=N–C) groups is 1. The topological polar surface area (TPSA) is 77.5 Å². The van der Waals surface area contributed by atoms with E-state index in [1.54, 1.807) is 0 Å². The van der Waals surface area contributed by atoms with Crippen molar-refractivity contribution in [1.29, 1.82) is 0 Å². The van der Waals surface area contributed by atoms with E-state index < -0.39 is 24.4 Å². The summed E-state index contributed by atoms with van der Waals surface area (Å²) in [6.07, 6.45) is 0.502. The van der Waals surface area contributed by atoms with Gasteiger partial charge in [-0.15, -0.1) is 0 Å². The van der Waals surface area contributed by atoms with E-state index in [2.05, 4.69) is 40.3 Å². The number of nitrogens with one attached hydrogen (secondary N) is 4. The number of rotatable bonds is 6. The molecule has 3 rings (SSSR count). The largest absolute Gasteiger partial charge is 0.339 e. The first-order chi connectivity index (χ1) is 15.3. The smallest absolute Gasteiger partial charge is 0.229 e. The summed E-state index contributed by atoms with van der Waals surface area (Å²) >= 11 is 0. The summed E-state index contributed by atoms with van der Waals surface area (Å²) in [7, 11) is 0. The molecule has 2 saturated carbocycles. The monoisotopic (exact) mass is 459 g/mol. The summed E-state index contributed by atoms with van der Waals surface area (Å²) in [4.78, 5) is 17.3. The summed E-state index contributed by atoms with van der Waals surface area (Å²) in [5.41, 5.74) is 6.56. The van der Waals surface area contributed by atoms with Gasteiger partial charge in [-0.05, 0) is 62.7 Å². The molecule has 1 amide bonds. The molecule has 9 heteroatoms. The Labute approximate surface area is 189 Å². The lowest BCUT2D eigenvalue weighted by Crippen LogP contribution is -2.52. The number of carbonyl (C=O) groups is 1. The van der Waals surface area contributed by atoms with Crippen LogP contribution in [-0.2, 0) is 4.79 Å². The first kappa shape index (κ1) is 25.3. The molecule has 1 saturated heterocycles. The zero-order valence-electron chi connectivity index (χ0n) is 19.5. The van der Waals surface area contributed by atoms with E-state index in [1.807, 2.05) is 6.92 Å². The first-order valence-corrected chi connectivity index (χ1v) is 12.3. The van der Waals surface area contributed by atoms with E-state index in [9.17, 15) is 18.0 Å². The molecular weight excluding hydrogens is 419 g/mol. The van der Waals surface area contributed by atoms with Gasteiger partial charge in [-0.2, -0.15) is 0 Å². The third-order valence-corrected chi connectivity index (χ3v) is 7.48. The molecule has 0 radical (unpaired) electrons. The summed E-state index contributed by atoms with van der Waals surface area (Å²) in [6.45, 7) is 6.71. The van der Waals surface area contributed by atoms with Gasteiger partial charge in [-0.1, -0.05) is 27.2 Å². The number of halogens is 3. The van der Waals surface area contributed by atoms with Crippen LogP contribution < -0.4 is 21.5 Å². The van der Waals surface area contributed by atoms with Crippen LogP contribution in [0.5, 0.6) is 0 Å². The Morgan fingerprint density at radius 2 is 1.78 bits per heavy atom. The molecule has 3 aliphatic rings. The van der Waals surface area contributed by atoms with Crippen LogP contribution in [0.2, 0.25) is 0 Å². The SMILES string of the molecule is CCC(C)CN=C(NC(=O)C1CCC(F)C(F)C1)NC1CC(C2CCC(F)C(C)C2)NN1. The maximum Gasteiger partial charge on any atom is 0.229 e. The van der Waals surface area contributed by atoms with Gasteiger partial charge >= 0.3 is 0 Å². The zero-order valence-corrected chi connectivity index (χ0v) is 19.5. The number of hydrogen-bond donors (Lipinski definition) is 4. The Hall–Kier alpha value is -1.35. The van der Waals surface area contributed by atoms with Crippen LogP contribution in [0.15, 0.2) is 4.99 Å². The molecule has 0 spiro atoms. The summed E-state index contributed by atoms with van der Waals surface area (Å²) in [5.74, 6) is 0.353. The maximum absolute atomic E-state index is 13.8. The van der Waals surface area contributed by atoms with Crippen molar-refractivity contribution < 1.29 is 18.0 Å². The fraction of sp³-hybridized carbons (Fsp3) is 0.913. The van der Waals surface area contributed by atoms with Crippen LogP contribution in [0.4, 0.5) is 13.2 Å². The lowest BCUT2D eigenvalue weighted by molar-refractivity contribution is -0.125. The number of hydrazine groups is 1. The molecule has 0 aromatic heterocycles. The summed E-state index contributed by atoms with van der Waals surface area (Å²) in [6, 6.07) is 0.223. The highest BCUT2D eigenvalue weighted by molar-refractivity contribution is 5.98. The normalized spacial score (nSPS) is 39.5. The number of carbonyl (C=O) groups excluding carboxylic acids is 1. The van der Waals surface area contributed by atoms with Gasteiger partial charge in [0.2, 0.25) is 5.91 Å². The standard InChI is InChI=1S/C23H40F3N5O/c1-4-13(2)12-27-23(29-22(32)16-6-8-18(25)19(26)10-16)28-21-11-20(30-31-21)15-5-7-17(24)14(3)9-15/h13-21,30-31H,4-12H2,1-3H3,(H2,27,28,29,32). The molecule has 0 bridgehead atoms. The van der Waals surface area contributed by atoms with Gasteiger partial charge in [0.25, 0.3) is 0 Å². The van der Waals surface area contributed by atoms with Crippen LogP contribution >= 0.6 is 0 Å². The third-order valence-electron chi connectivity index (χ3n) is 7.48. The molecule has 4 N–H and O–H groups in total. The molecule has 2 aliphatic carbocycles. The molecule has 184 valence electrons. The van der Waals surface area contributed by atoms with Gasteiger partial charge < -0.3 is 5.32 Å². The molecule has 1 heterocycles. The van der Waals surface area contributed by atoms with E-state index >= 15 is 0 Å². The Kier molecular flexibility index (Phi) is 9.22. The third kappa shape index (κ3) is 6.83. The van der Waals surface area contributed by atoms with Gasteiger partial charge in [-0.25, -0.2) is 18.6 Å². The van der Waals surface area contributed by atoms with Crippen molar-refractivity contribution in [3.63, 3.8) is 0 Å². The van der Waals surface area contributed by atoms with E-state index in [-0.39, 0.29) is 36.9 Å². The average molecular weight is 460 g/mol. The van der Waals surface area contributed by atoms with Gasteiger partial charge in [0.05, 0.1) is 6.17 Å². The molecule has 3 fully saturated rings. The fourth-order valence-corrected chi connectivity index (χ4v) is 4.95. The lowest BCUT2D eigenvalue weighted by Gasteiger charge is -2.33. The number of nitrogens with zero attached hydrogens (tertiary/aromatic N) is 1. The molecule has 1 aliphatic heterocycles. The highest BCUT2D eigenvalue weighted by Crippen LogP contribution is 2.34. The number of amides is 1. The highest BCUT2D eigenvalue weighted by Gasteiger charge is 2.37. The quantitative estimate of drug-likeness (QED) is 0.362. The van der Waals surface area contributed by atoms with Gasteiger partial charge in [0.1, 0.15) is 18.5 Å². The number of alkyl halides is 3. The molecule has 32 heavy (non-hydrogen) atoms. The molecule has 0 aromatic rings. The van der Waals surface area contributed by atoms with Gasteiger partial charge in [-0.3, -0.25) is 20.5 Å². The Bertz CT molecular complexity index is 651. The lowest BCUT2D eigenvalue weighted by atomic mass is 9.77. The van der Waals surface area contributed by atoms with E-state index in [0.29, 0.717) is 37.2 Å². The van der Waals surface area contributed by atoms with Gasteiger partial charge in [0.15, 0.2) is 5.96 Å². The van der Waals surface area contributed by atoms with Crippen molar-refractivity contribution in [3.05, 3.63) is 0 Å². The van der Waals surface area contributed by atoms with Crippen molar-refractivity contribution in [3.8, 4) is 0 Å². The number of hydrogen-bond acceptors (Lipinski definition) is 4. The van der Waals surface area contributed by atoms with Crippen molar-refractivity contribution in [2.45, 2.75) is 103 Å².